The van der Waals surface area contributed by atoms with E-state index in [9.17, 15) is 9.90 Å². The molecule has 0 saturated heterocycles. The summed E-state index contributed by atoms with van der Waals surface area (Å²) in [7, 11) is 0. The lowest BCUT2D eigenvalue weighted by Gasteiger charge is -2.08. The molecule has 1 heterocycles. The van der Waals surface area contributed by atoms with Crippen molar-refractivity contribution in [2.24, 2.45) is 0 Å². The van der Waals surface area contributed by atoms with Crippen LogP contribution in [0.2, 0.25) is 0 Å². The van der Waals surface area contributed by atoms with Crippen LogP contribution in [0, 0.1) is 0 Å². The van der Waals surface area contributed by atoms with Crippen LogP contribution in [0.25, 0.3) is 10.9 Å². The number of fused-ring (bicyclic) bond motifs is 1. The highest BCUT2D eigenvalue weighted by Gasteiger charge is 2.10. The Morgan fingerprint density at radius 2 is 2.19 bits per heavy atom. The van der Waals surface area contributed by atoms with E-state index in [-0.39, 0.29) is 5.75 Å². The molecular weight excluding hydrogens is 202 g/mol. The number of benzene rings is 1. The normalized spacial score (nSPS) is 11.2. The fourth-order valence-corrected chi connectivity index (χ4v) is 1.99. The van der Waals surface area contributed by atoms with Gasteiger partial charge in [0.05, 0.1) is 0 Å². The molecule has 0 aliphatic heterocycles. The monoisotopic (exact) mass is 217 g/mol. The molecule has 2 rings (SSSR count). The molecule has 3 heteroatoms. The summed E-state index contributed by atoms with van der Waals surface area (Å²) in [6, 6.07) is 5.62. The van der Waals surface area contributed by atoms with E-state index < -0.39 is 0 Å². The number of carbonyl (C=O) groups is 1. The average molecular weight is 217 g/mol. The van der Waals surface area contributed by atoms with E-state index in [4.69, 9.17) is 0 Å². The maximum Gasteiger partial charge on any atom is 0.124 e. The Kier molecular flexibility index (Phi) is 2.69. The number of aldehydes is 1. The van der Waals surface area contributed by atoms with Gasteiger partial charge in [0.1, 0.15) is 12.0 Å². The van der Waals surface area contributed by atoms with Gasteiger partial charge in [-0.05, 0) is 37.6 Å². The van der Waals surface area contributed by atoms with E-state index in [2.05, 4.69) is 18.4 Å². The Morgan fingerprint density at radius 1 is 1.44 bits per heavy atom. The molecule has 16 heavy (non-hydrogen) atoms. The first-order valence-electron chi connectivity index (χ1n) is 5.39. The van der Waals surface area contributed by atoms with E-state index in [0.717, 1.165) is 22.8 Å². The highest BCUT2D eigenvalue weighted by atomic mass is 16.3. The fourth-order valence-electron chi connectivity index (χ4n) is 1.99. The molecule has 0 radical (unpaired) electrons. The number of nitrogens with zero attached hydrogens (tertiary/aromatic N) is 1. The summed E-state index contributed by atoms with van der Waals surface area (Å²) in [5.41, 5.74) is 2.03. The Labute approximate surface area is 94.3 Å². The van der Waals surface area contributed by atoms with Gasteiger partial charge < -0.3 is 14.5 Å². The van der Waals surface area contributed by atoms with Gasteiger partial charge in [-0.1, -0.05) is 0 Å². The largest absolute Gasteiger partial charge is 0.508 e. The van der Waals surface area contributed by atoms with Gasteiger partial charge in [0.15, 0.2) is 0 Å². The quantitative estimate of drug-likeness (QED) is 0.803. The maximum absolute atomic E-state index is 10.6. The molecule has 0 fully saturated rings. The minimum absolute atomic E-state index is 0.237. The summed E-state index contributed by atoms with van der Waals surface area (Å²) >= 11 is 0. The van der Waals surface area contributed by atoms with Crippen molar-refractivity contribution >= 4 is 17.2 Å². The molecule has 0 amide bonds. The van der Waals surface area contributed by atoms with Crippen molar-refractivity contribution in [1.29, 1.82) is 0 Å². The van der Waals surface area contributed by atoms with Gasteiger partial charge in [-0.15, -0.1) is 0 Å². The standard InChI is InChI=1S/C13H15NO2/c1-9(2)14-8-10(5-6-15)12-7-11(16)3-4-13(12)14/h3-4,6-9,16H,5H2,1-2H3. The van der Waals surface area contributed by atoms with Crippen LogP contribution in [0.1, 0.15) is 25.5 Å². The van der Waals surface area contributed by atoms with Crippen molar-refractivity contribution in [2.45, 2.75) is 26.3 Å². The number of phenols is 1. The Hall–Kier alpha value is -1.77. The summed E-state index contributed by atoms with van der Waals surface area (Å²) in [6.45, 7) is 4.19. The third-order valence-electron chi connectivity index (χ3n) is 2.76. The zero-order valence-corrected chi connectivity index (χ0v) is 9.47. The van der Waals surface area contributed by atoms with Crippen molar-refractivity contribution in [3.63, 3.8) is 0 Å². The van der Waals surface area contributed by atoms with Crippen molar-refractivity contribution < 1.29 is 9.90 Å². The van der Waals surface area contributed by atoms with E-state index >= 15 is 0 Å². The molecule has 3 nitrogen and oxygen atoms in total. The molecule has 0 unspecified atom stereocenters. The molecule has 1 aromatic carbocycles. The van der Waals surface area contributed by atoms with E-state index in [1.165, 1.54) is 0 Å². The van der Waals surface area contributed by atoms with Gasteiger partial charge in [0.25, 0.3) is 0 Å². The van der Waals surface area contributed by atoms with Gasteiger partial charge in [-0.2, -0.15) is 0 Å². The Morgan fingerprint density at radius 3 is 2.81 bits per heavy atom. The Balaban J connectivity index is 2.70. The van der Waals surface area contributed by atoms with E-state index in [1.54, 1.807) is 12.1 Å². The van der Waals surface area contributed by atoms with E-state index in [0.29, 0.717) is 12.5 Å². The zero-order chi connectivity index (χ0) is 11.7. The predicted molar refractivity (Wildman–Crippen MR) is 63.8 cm³/mol. The van der Waals surface area contributed by atoms with E-state index in [1.807, 2.05) is 12.3 Å². The molecule has 0 saturated carbocycles. The van der Waals surface area contributed by atoms with Crippen molar-refractivity contribution in [2.75, 3.05) is 0 Å². The highest BCUT2D eigenvalue weighted by molar-refractivity contribution is 5.87. The lowest BCUT2D eigenvalue weighted by Crippen LogP contribution is -1.97. The van der Waals surface area contributed by atoms with Crippen LogP contribution < -0.4 is 0 Å². The number of phenolic OH excluding ortho intramolecular Hbond substituents is 1. The number of aromatic hydroxyl groups is 1. The molecule has 2 aromatic rings. The average Bonchev–Trinajstić information content (AvgIpc) is 2.58. The molecular formula is C13H15NO2. The smallest absolute Gasteiger partial charge is 0.124 e. The first-order valence-corrected chi connectivity index (χ1v) is 5.39. The van der Waals surface area contributed by atoms with Gasteiger partial charge in [-0.3, -0.25) is 0 Å². The fraction of sp³-hybridized carbons (Fsp3) is 0.308. The Bertz CT molecular complexity index is 526. The minimum atomic E-state index is 0.237. The van der Waals surface area contributed by atoms with Crippen LogP contribution in [0.4, 0.5) is 0 Å². The molecule has 84 valence electrons. The SMILES string of the molecule is CC(C)n1cc(CC=O)c2cc(O)ccc21. The van der Waals surface area contributed by atoms with Crippen LogP contribution in [0.15, 0.2) is 24.4 Å². The number of carbonyl (C=O) groups excluding carboxylic acids is 1. The second-order valence-corrected chi connectivity index (χ2v) is 4.23. The summed E-state index contributed by atoms with van der Waals surface area (Å²) in [5.74, 6) is 0.237. The zero-order valence-electron chi connectivity index (χ0n) is 9.47. The summed E-state index contributed by atoms with van der Waals surface area (Å²) in [4.78, 5) is 10.6. The van der Waals surface area contributed by atoms with Crippen molar-refractivity contribution in [1.82, 2.24) is 4.57 Å². The highest BCUT2D eigenvalue weighted by Crippen LogP contribution is 2.27. The number of rotatable bonds is 3. The lowest BCUT2D eigenvalue weighted by atomic mass is 10.1. The second kappa shape index (κ2) is 4.00. The van der Waals surface area contributed by atoms with Gasteiger partial charge in [-0.25, -0.2) is 0 Å². The first-order chi connectivity index (χ1) is 7.63. The second-order valence-electron chi connectivity index (χ2n) is 4.23. The molecule has 0 atom stereocenters. The molecule has 1 aromatic heterocycles. The minimum Gasteiger partial charge on any atom is -0.508 e. The van der Waals surface area contributed by atoms with Crippen LogP contribution in [0.3, 0.4) is 0 Å². The molecule has 0 bridgehead atoms. The third-order valence-corrected chi connectivity index (χ3v) is 2.76. The van der Waals surface area contributed by atoms with Crippen LogP contribution in [-0.4, -0.2) is 16.0 Å². The van der Waals surface area contributed by atoms with Crippen molar-refractivity contribution in [3.8, 4) is 5.75 Å². The molecule has 0 spiro atoms. The predicted octanol–water partition coefficient (Wildman–Crippen LogP) is 2.67. The van der Waals surface area contributed by atoms with Gasteiger partial charge >= 0.3 is 0 Å². The lowest BCUT2D eigenvalue weighted by molar-refractivity contribution is -0.107. The van der Waals surface area contributed by atoms with Crippen LogP contribution >= 0.6 is 0 Å². The summed E-state index contributed by atoms with van der Waals surface area (Å²) in [5, 5.41) is 10.4. The van der Waals surface area contributed by atoms with Gasteiger partial charge in [0, 0.05) is 29.6 Å². The van der Waals surface area contributed by atoms with Gasteiger partial charge in [0.2, 0.25) is 0 Å². The third kappa shape index (κ3) is 1.69. The maximum atomic E-state index is 10.6. The summed E-state index contributed by atoms with van der Waals surface area (Å²) < 4.78 is 2.12. The number of aromatic nitrogens is 1. The first kappa shape index (κ1) is 10.7. The number of hydrogen-bond acceptors (Lipinski definition) is 2. The van der Waals surface area contributed by atoms with Crippen molar-refractivity contribution in [3.05, 3.63) is 30.0 Å². The summed E-state index contributed by atoms with van der Waals surface area (Å²) in [6.07, 6.45) is 3.27. The molecule has 0 aliphatic rings. The number of hydrogen-bond donors (Lipinski definition) is 1. The molecule has 0 aliphatic carbocycles. The van der Waals surface area contributed by atoms with Crippen LogP contribution in [-0.2, 0) is 11.2 Å². The molecule has 1 N–H and O–H groups in total. The van der Waals surface area contributed by atoms with Crippen LogP contribution in [0.5, 0.6) is 5.75 Å². The topological polar surface area (TPSA) is 42.2 Å².